The van der Waals surface area contributed by atoms with E-state index in [-0.39, 0.29) is 42.1 Å². The molecule has 258 valence electrons. The first kappa shape index (κ1) is 38.0. The third-order valence-corrected chi connectivity index (χ3v) is 11.4. The van der Waals surface area contributed by atoms with Crippen molar-refractivity contribution in [3.8, 4) is 11.5 Å². The van der Waals surface area contributed by atoms with Crippen LogP contribution in [0.2, 0.25) is 0 Å². The Bertz CT molecular complexity index is 1250. The van der Waals surface area contributed by atoms with E-state index in [0.29, 0.717) is 19.3 Å². The molecule has 1 unspecified atom stereocenters. The molecule has 1 heterocycles. The van der Waals surface area contributed by atoms with E-state index in [0.717, 1.165) is 62.0 Å². The number of alkyl halides is 5. The lowest BCUT2D eigenvalue weighted by Crippen LogP contribution is -2.36. The van der Waals surface area contributed by atoms with Crippen molar-refractivity contribution in [1.29, 1.82) is 0 Å². The number of carbonyl (C=O) groups is 1. The number of thioether (sulfide) groups is 1. The number of fused-ring (bicyclic) bond motifs is 1. The maximum atomic E-state index is 13.1. The number of halogens is 5. The van der Waals surface area contributed by atoms with E-state index in [1.165, 1.54) is 11.1 Å². The second-order valence-electron chi connectivity index (χ2n) is 13.2. The Kier molecular flexibility index (Phi) is 13.7. The fourth-order valence-corrected chi connectivity index (χ4v) is 8.28. The summed E-state index contributed by atoms with van der Waals surface area (Å²) in [6.07, 6.45) is 2.34. The monoisotopic (exact) mass is 672 g/mol. The Morgan fingerprint density at radius 1 is 0.804 bits per heavy atom. The number of phenols is 2. The van der Waals surface area contributed by atoms with Crippen molar-refractivity contribution in [1.82, 2.24) is 0 Å². The number of benzene rings is 2. The van der Waals surface area contributed by atoms with Crippen LogP contribution in [-0.4, -0.2) is 39.1 Å². The summed E-state index contributed by atoms with van der Waals surface area (Å²) in [6.45, 7) is 4.08. The van der Waals surface area contributed by atoms with Gasteiger partial charge in [0.25, 0.3) is 0 Å². The molecule has 3 rings (SSSR count). The van der Waals surface area contributed by atoms with Crippen LogP contribution < -0.4 is 0 Å². The lowest BCUT2D eigenvalue weighted by molar-refractivity contribution is -0.284. The van der Waals surface area contributed by atoms with Crippen molar-refractivity contribution in [3.63, 3.8) is 0 Å². The Morgan fingerprint density at radius 2 is 1.33 bits per heavy atom. The zero-order chi connectivity index (χ0) is 34.0. The molecule has 46 heavy (non-hydrogen) atoms. The lowest BCUT2D eigenvalue weighted by Gasteiger charge is -2.43. The average Bonchev–Trinajstić information content (AvgIpc) is 2.99. The van der Waals surface area contributed by atoms with Crippen molar-refractivity contribution >= 4 is 17.7 Å². The number of hydrogen-bond donors (Lipinski definition) is 3. The molecule has 0 aliphatic carbocycles. The van der Waals surface area contributed by atoms with Crippen LogP contribution in [0.3, 0.4) is 0 Å². The van der Waals surface area contributed by atoms with Gasteiger partial charge in [0.05, 0.1) is 5.41 Å². The Hall–Kier alpha value is -2.49. The molecule has 10 heteroatoms. The highest BCUT2D eigenvalue weighted by atomic mass is 32.2. The second-order valence-corrected chi connectivity index (χ2v) is 14.3. The van der Waals surface area contributed by atoms with Crippen molar-refractivity contribution in [2.24, 2.45) is 5.41 Å². The van der Waals surface area contributed by atoms with Gasteiger partial charge in [0, 0.05) is 22.5 Å². The first-order valence-corrected chi connectivity index (χ1v) is 17.6. The van der Waals surface area contributed by atoms with E-state index >= 15 is 0 Å². The van der Waals surface area contributed by atoms with E-state index in [1.807, 2.05) is 24.3 Å². The molecule has 0 saturated carbocycles. The number of aliphatic carboxylic acids is 1. The molecule has 0 saturated heterocycles. The van der Waals surface area contributed by atoms with Crippen LogP contribution in [0.25, 0.3) is 0 Å². The SMILES string of the molecule is CCC(CCCCCCCCC[C@@H]1c2ccc(O)cc2SC[C@]1(C)c1ccc(O)cc1)(CCCCCC(F)(F)C(F)(F)F)C(=O)O. The largest absolute Gasteiger partial charge is 0.508 e. The number of phenolic OH excluding ortho intramolecular Hbond substituents is 2. The van der Waals surface area contributed by atoms with E-state index in [4.69, 9.17) is 0 Å². The summed E-state index contributed by atoms with van der Waals surface area (Å²) in [5.74, 6) is -3.97. The molecule has 4 nitrogen and oxygen atoms in total. The van der Waals surface area contributed by atoms with Crippen molar-refractivity contribution < 1.29 is 42.1 Å². The van der Waals surface area contributed by atoms with Gasteiger partial charge in [0.2, 0.25) is 0 Å². The number of rotatable bonds is 19. The quantitative estimate of drug-likeness (QED) is 0.102. The fraction of sp³-hybridized carbons (Fsp3) is 0.639. The van der Waals surface area contributed by atoms with Gasteiger partial charge in [-0.15, -0.1) is 11.8 Å². The van der Waals surface area contributed by atoms with Crippen LogP contribution in [-0.2, 0) is 10.2 Å². The molecule has 3 atom stereocenters. The minimum atomic E-state index is -5.55. The van der Waals surface area contributed by atoms with Crippen LogP contribution in [0.4, 0.5) is 22.0 Å². The maximum Gasteiger partial charge on any atom is 0.453 e. The molecule has 0 bridgehead atoms. The van der Waals surface area contributed by atoms with Crippen LogP contribution in [0.15, 0.2) is 47.4 Å². The van der Waals surface area contributed by atoms with Gasteiger partial charge in [-0.2, -0.15) is 22.0 Å². The third-order valence-electron chi connectivity index (χ3n) is 10.0. The van der Waals surface area contributed by atoms with Gasteiger partial charge >= 0.3 is 18.1 Å². The van der Waals surface area contributed by atoms with Crippen molar-refractivity contribution in [2.75, 3.05) is 5.75 Å². The predicted octanol–water partition coefficient (Wildman–Crippen LogP) is 11.4. The van der Waals surface area contributed by atoms with Crippen LogP contribution in [0.5, 0.6) is 11.5 Å². The highest BCUT2D eigenvalue weighted by molar-refractivity contribution is 7.99. The molecule has 0 amide bonds. The van der Waals surface area contributed by atoms with Gasteiger partial charge in [0.1, 0.15) is 11.5 Å². The summed E-state index contributed by atoms with van der Waals surface area (Å²) in [4.78, 5) is 13.2. The van der Waals surface area contributed by atoms with Gasteiger partial charge in [0.15, 0.2) is 0 Å². The van der Waals surface area contributed by atoms with E-state index < -0.39 is 29.9 Å². The molecule has 0 spiro atoms. The molecule has 3 N–H and O–H groups in total. The molecule has 2 aromatic carbocycles. The van der Waals surface area contributed by atoms with E-state index in [1.54, 1.807) is 36.9 Å². The van der Waals surface area contributed by atoms with Gasteiger partial charge < -0.3 is 15.3 Å². The molecule has 0 fully saturated rings. The summed E-state index contributed by atoms with van der Waals surface area (Å²) in [5, 5.41) is 29.8. The molecule has 1 aliphatic rings. The van der Waals surface area contributed by atoms with E-state index in [9.17, 15) is 42.1 Å². The summed E-state index contributed by atoms with van der Waals surface area (Å²) in [5.41, 5.74) is 1.35. The zero-order valence-electron chi connectivity index (χ0n) is 27.0. The molecular weight excluding hydrogens is 623 g/mol. The number of aromatic hydroxyl groups is 2. The second kappa shape index (κ2) is 16.6. The van der Waals surface area contributed by atoms with Crippen LogP contribution in [0, 0.1) is 5.41 Å². The highest BCUT2D eigenvalue weighted by Gasteiger charge is 2.56. The topological polar surface area (TPSA) is 77.8 Å². The number of carboxylic acids is 1. The Balaban J connectivity index is 1.42. The number of carboxylic acid groups (broad SMARTS) is 1. The van der Waals surface area contributed by atoms with Crippen molar-refractivity contribution in [3.05, 3.63) is 53.6 Å². The fourth-order valence-electron chi connectivity index (χ4n) is 6.88. The van der Waals surface area contributed by atoms with Crippen molar-refractivity contribution in [2.45, 2.75) is 138 Å². The van der Waals surface area contributed by atoms with E-state index in [2.05, 4.69) is 6.92 Å². The average molecular weight is 673 g/mol. The lowest BCUT2D eigenvalue weighted by atomic mass is 9.68. The zero-order valence-corrected chi connectivity index (χ0v) is 27.8. The van der Waals surface area contributed by atoms with Gasteiger partial charge in [-0.05, 0) is 73.4 Å². The summed E-state index contributed by atoms with van der Waals surface area (Å²) < 4.78 is 63.4. The standard InChI is InChI=1S/C36H49F5O4S/c1-3-34(32(44)45,22-12-9-13-23-35(37,38)36(39,40)41)21-11-8-6-4-5-7-10-14-30-29-20-19-28(43)24-31(29)46-25-33(30,2)26-15-17-27(42)18-16-26/h15-20,24,30,42-43H,3-14,21-23,25H2,1-2H3,(H,44,45)/t30-,33-,34?/m1/s1. The smallest absolute Gasteiger partial charge is 0.453 e. The first-order valence-electron chi connectivity index (χ1n) is 16.6. The number of unbranched alkanes of at least 4 members (excludes halogenated alkanes) is 8. The first-order chi connectivity index (χ1) is 21.6. The summed E-state index contributed by atoms with van der Waals surface area (Å²) >= 11 is 1.76. The summed E-state index contributed by atoms with van der Waals surface area (Å²) in [6, 6.07) is 13.1. The summed E-state index contributed by atoms with van der Waals surface area (Å²) in [7, 11) is 0. The third kappa shape index (κ3) is 9.77. The molecule has 0 aromatic heterocycles. The number of hydrogen-bond acceptors (Lipinski definition) is 4. The van der Waals surface area contributed by atoms with Gasteiger partial charge in [-0.3, -0.25) is 4.79 Å². The highest BCUT2D eigenvalue weighted by Crippen LogP contribution is 2.52. The van der Waals surface area contributed by atoms with Crippen LogP contribution in [0.1, 0.15) is 127 Å². The van der Waals surface area contributed by atoms with Gasteiger partial charge in [-0.1, -0.05) is 89.8 Å². The molecule has 2 aromatic rings. The Morgan fingerprint density at radius 3 is 1.89 bits per heavy atom. The minimum absolute atomic E-state index is 0.119. The Labute approximate surface area is 274 Å². The minimum Gasteiger partial charge on any atom is -0.508 e. The maximum absolute atomic E-state index is 13.1. The molecule has 0 radical (unpaired) electrons. The van der Waals surface area contributed by atoms with Crippen LogP contribution >= 0.6 is 11.8 Å². The normalized spacial score (nSPS) is 19.8. The molecule has 1 aliphatic heterocycles. The van der Waals surface area contributed by atoms with Gasteiger partial charge in [-0.25, -0.2) is 0 Å². The molecular formula is C36H49F5O4S. The predicted molar refractivity (Wildman–Crippen MR) is 173 cm³/mol.